The van der Waals surface area contributed by atoms with E-state index in [1.807, 2.05) is 0 Å². The molecule has 21 heavy (non-hydrogen) atoms. The van der Waals surface area contributed by atoms with Crippen LogP contribution in [0.4, 0.5) is 11.6 Å². The molecule has 1 aromatic heterocycles. The van der Waals surface area contributed by atoms with Crippen LogP contribution in [0, 0.1) is 0 Å². The minimum atomic E-state index is -3.99. The van der Waals surface area contributed by atoms with Crippen LogP contribution in [0.2, 0.25) is 0 Å². The van der Waals surface area contributed by atoms with E-state index in [9.17, 15) is 13.2 Å². The lowest BCUT2D eigenvalue weighted by Gasteiger charge is -2.09. The lowest BCUT2D eigenvalue weighted by molar-refractivity contribution is 0.0600. The maximum Gasteiger partial charge on any atom is 0.337 e. The van der Waals surface area contributed by atoms with Gasteiger partial charge in [-0.3, -0.25) is 0 Å². The van der Waals surface area contributed by atoms with Gasteiger partial charge in [0.05, 0.1) is 30.8 Å². The molecule has 2 aromatic rings. The van der Waals surface area contributed by atoms with Gasteiger partial charge < -0.3 is 10.5 Å². The molecule has 0 saturated carbocycles. The Hall–Kier alpha value is -2.75. The van der Waals surface area contributed by atoms with Crippen molar-refractivity contribution in [2.75, 3.05) is 17.6 Å². The Morgan fingerprint density at radius 2 is 2.10 bits per heavy atom. The summed E-state index contributed by atoms with van der Waals surface area (Å²) in [7, 11) is -2.77. The van der Waals surface area contributed by atoms with E-state index in [0.29, 0.717) is 0 Å². The average molecular weight is 309 g/mol. The van der Waals surface area contributed by atoms with E-state index in [1.54, 1.807) is 0 Å². The molecule has 2 rings (SSSR count). The van der Waals surface area contributed by atoms with E-state index in [4.69, 9.17) is 5.73 Å². The van der Waals surface area contributed by atoms with E-state index in [-0.39, 0.29) is 22.1 Å². The van der Waals surface area contributed by atoms with Gasteiger partial charge in [-0.1, -0.05) is 0 Å². The zero-order chi connectivity index (χ0) is 15.5. The van der Waals surface area contributed by atoms with Crippen molar-refractivity contribution in [3.63, 3.8) is 0 Å². The van der Waals surface area contributed by atoms with Crippen LogP contribution >= 0.6 is 0 Å². The van der Waals surface area contributed by atoms with Gasteiger partial charge in [0.25, 0.3) is 16.0 Å². The molecule has 0 aliphatic heterocycles. The second kappa shape index (κ2) is 5.71. The largest absolute Gasteiger partial charge is 0.465 e. The number of nitrogen functional groups attached to an aromatic ring is 1. The predicted octanol–water partition coefficient (Wildman–Crippen LogP) is 0.0412. The number of nitrogens with zero attached hydrogens (tertiary/aromatic N) is 3. The van der Waals surface area contributed by atoms with Crippen LogP contribution in [0.5, 0.6) is 0 Å². The Bertz CT molecular complexity index is 763. The summed E-state index contributed by atoms with van der Waals surface area (Å²) in [6, 6.07) is 3.70. The van der Waals surface area contributed by atoms with Crippen LogP contribution < -0.4 is 10.5 Å². The molecule has 0 amide bonds. The summed E-state index contributed by atoms with van der Waals surface area (Å²) in [5, 5.41) is 7.01. The van der Waals surface area contributed by atoms with Crippen molar-refractivity contribution < 1.29 is 17.9 Å². The van der Waals surface area contributed by atoms with E-state index >= 15 is 0 Å². The maximum absolute atomic E-state index is 12.2. The Balaban J connectivity index is 2.35. The number of hydrogen-bond acceptors (Lipinski definition) is 8. The fourth-order valence-corrected chi connectivity index (χ4v) is 2.57. The number of ether oxygens (including phenoxy) is 1. The zero-order valence-corrected chi connectivity index (χ0v) is 11.7. The number of rotatable bonds is 4. The van der Waals surface area contributed by atoms with Crippen molar-refractivity contribution in [3.05, 3.63) is 36.2 Å². The third-order valence-electron chi connectivity index (χ3n) is 2.43. The van der Waals surface area contributed by atoms with E-state index in [2.05, 4.69) is 24.6 Å². The summed E-state index contributed by atoms with van der Waals surface area (Å²) < 4.78 is 31.0. The molecule has 0 atom stereocenters. The number of hydrogen-bond donors (Lipinski definition) is 2. The van der Waals surface area contributed by atoms with Crippen LogP contribution in [0.1, 0.15) is 10.4 Å². The molecule has 0 radical (unpaired) electrons. The first kappa shape index (κ1) is 14.7. The fraction of sp³-hybridized carbons (Fsp3) is 0.0909. The molecular weight excluding hydrogens is 298 g/mol. The summed E-state index contributed by atoms with van der Waals surface area (Å²) >= 11 is 0. The Labute approximate surface area is 120 Å². The second-order valence-electron chi connectivity index (χ2n) is 3.82. The van der Waals surface area contributed by atoms with Gasteiger partial charge in [0.15, 0.2) is 0 Å². The molecule has 3 N–H and O–H groups in total. The average Bonchev–Trinajstić information content (AvgIpc) is 2.46. The van der Waals surface area contributed by atoms with Crippen molar-refractivity contribution in [2.24, 2.45) is 0 Å². The van der Waals surface area contributed by atoms with Crippen molar-refractivity contribution in [2.45, 2.75) is 4.90 Å². The summed E-state index contributed by atoms with van der Waals surface area (Å²) in [4.78, 5) is 14.8. The fourth-order valence-electron chi connectivity index (χ4n) is 1.51. The van der Waals surface area contributed by atoms with E-state index in [1.165, 1.54) is 37.7 Å². The molecule has 0 bridgehead atoms. The molecule has 1 heterocycles. The number of esters is 1. The Morgan fingerprint density at radius 3 is 2.67 bits per heavy atom. The van der Waals surface area contributed by atoms with Gasteiger partial charge in [-0.25, -0.2) is 22.9 Å². The molecule has 110 valence electrons. The van der Waals surface area contributed by atoms with Gasteiger partial charge in [0.2, 0.25) is 0 Å². The highest BCUT2D eigenvalue weighted by Gasteiger charge is 2.20. The summed E-state index contributed by atoms with van der Waals surface area (Å²) in [6.07, 6.45) is 2.59. The normalized spacial score (nSPS) is 10.9. The monoisotopic (exact) mass is 309 g/mol. The molecule has 0 unspecified atom stereocenters. The highest BCUT2D eigenvalue weighted by Crippen LogP contribution is 2.21. The van der Waals surface area contributed by atoms with Gasteiger partial charge >= 0.3 is 5.97 Å². The number of methoxy groups -OCH3 is 1. The Kier molecular flexibility index (Phi) is 3.98. The maximum atomic E-state index is 12.2. The molecular formula is C11H11N5O4S. The summed E-state index contributed by atoms with van der Waals surface area (Å²) in [5.41, 5.74) is 5.71. The molecule has 0 aliphatic carbocycles. The first-order chi connectivity index (χ1) is 9.94. The van der Waals surface area contributed by atoms with Gasteiger partial charge in [0.1, 0.15) is 4.90 Å². The van der Waals surface area contributed by atoms with Gasteiger partial charge in [-0.15, -0.1) is 5.10 Å². The summed E-state index contributed by atoms with van der Waals surface area (Å²) in [6.45, 7) is 0. The lowest BCUT2D eigenvalue weighted by Crippen LogP contribution is -2.17. The standard InChI is InChI=1S/C11H11N5O4S/c1-20-10(17)7-2-3-9(8(12)6-7)21(18,19)16-11-13-4-5-14-15-11/h2-6H,12H2,1H3,(H,13,15,16). The third kappa shape index (κ3) is 3.23. The molecule has 0 aliphatic rings. The van der Waals surface area contributed by atoms with Gasteiger partial charge in [-0.2, -0.15) is 5.10 Å². The summed E-state index contributed by atoms with van der Waals surface area (Å²) in [5.74, 6) is -0.803. The number of nitrogens with two attached hydrogens (primary N) is 1. The number of carbonyl (C=O) groups is 1. The molecule has 9 nitrogen and oxygen atoms in total. The zero-order valence-electron chi connectivity index (χ0n) is 10.8. The predicted molar refractivity (Wildman–Crippen MR) is 72.8 cm³/mol. The van der Waals surface area contributed by atoms with Gasteiger partial charge in [0, 0.05) is 0 Å². The third-order valence-corrected chi connectivity index (χ3v) is 3.83. The topological polar surface area (TPSA) is 137 Å². The van der Waals surface area contributed by atoms with Crippen molar-refractivity contribution in [1.29, 1.82) is 0 Å². The molecule has 1 aromatic carbocycles. The minimum Gasteiger partial charge on any atom is -0.465 e. The van der Waals surface area contributed by atoms with E-state index in [0.717, 1.165) is 0 Å². The van der Waals surface area contributed by atoms with Crippen molar-refractivity contribution in [1.82, 2.24) is 15.2 Å². The first-order valence-corrected chi connectivity index (χ1v) is 7.06. The first-order valence-electron chi connectivity index (χ1n) is 5.58. The number of anilines is 2. The Morgan fingerprint density at radius 1 is 1.33 bits per heavy atom. The SMILES string of the molecule is COC(=O)c1ccc(S(=O)(=O)Nc2nccnn2)c(N)c1. The van der Waals surface area contributed by atoms with Crippen LogP contribution in [0.3, 0.4) is 0 Å². The van der Waals surface area contributed by atoms with Crippen LogP contribution in [-0.2, 0) is 14.8 Å². The van der Waals surface area contributed by atoms with Crippen molar-refractivity contribution >= 4 is 27.6 Å². The van der Waals surface area contributed by atoms with E-state index < -0.39 is 16.0 Å². The molecule has 0 fully saturated rings. The van der Waals surface area contributed by atoms with Crippen LogP contribution in [0.25, 0.3) is 0 Å². The highest BCUT2D eigenvalue weighted by molar-refractivity contribution is 7.92. The number of carbonyl (C=O) groups excluding carboxylic acids is 1. The number of sulfonamides is 1. The number of benzene rings is 1. The molecule has 0 spiro atoms. The molecule has 10 heteroatoms. The van der Waals surface area contributed by atoms with Crippen molar-refractivity contribution in [3.8, 4) is 0 Å². The minimum absolute atomic E-state index is 0.103. The number of nitrogens with one attached hydrogen (secondary N) is 1. The smallest absolute Gasteiger partial charge is 0.337 e. The van der Waals surface area contributed by atoms with Crippen LogP contribution in [0.15, 0.2) is 35.5 Å². The second-order valence-corrected chi connectivity index (χ2v) is 5.47. The van der Waals surface area contributed by atoms with Gasteiger partial charge in [-0.05, 0) is 18.2 Å². The quantitative estimate of drug-likeness (QED) is 0.596. The number of aromatic nitrogens is 3. The highest BCUT2D eigenvalue weighted by atomic mass is 32.2. The molecule has 0 saturated heterocycles. The lowest BCUT2D eigenvalue weighted by atomic mass is 10.2. The van der Waals surface area contributed by atoms with Crippen LogP contribution in [-0.4, -0.2) is 36.7 Å².